The molecule has 5 nitrogen and oxygen atoms in total. The van der Waals surface area contributed by atoms with Crippen LogP contribution < -0.4 is 15.4 Å². The molecule has 0 saturated carbocycles. The molecule has 0 bridgehead atoms. The molecule has 0 radical (unpaired) electrons. The van der Waals surface area contributed by atoms with Crippen molar-refractivity contribution in [2.75, 3.05) is 31.2 Å². The summed E-state index contributed by atoms with van der Waals surface area (Å²) >= 11 is 0. The van der Waals surface area contributed by atoms with Crippen molar-refractivity contribution < 1.29 is 9.47 Å². The van der Waals surface area contributed by atoms with Gasteiger partial charge < -0.3 is 20.1 Å². The van der Waals surface area contributed by atoms with Crippen LogP contribution in [0, 0.1) is 0 Å². The highest BCUT2D eigenvalue weighted by Gasteiger charge is 2.15. The summed E-state index contributed by atoms with van der Waals surface area (Å²) < 4.78 is 11.5. The van der Waals surface area contributed by atoms with Gasteiger partial charge in [0.2, 0.25) is 5.88 Å². The Morgan fingerprint density at radius 2 is 2.08 bits per heavy atom. The second kappa shape index (κ2) is 7.64. The highest BCUT2D eigenvalue weighted by molar-refractivity contribution is 5.52. The number of pyridine rings is 1. The first-order valence-corrected chi connectivity index (χ1v) is 8.53. The van der Waals surface area contributed by atoms with Crippen molar-refractivity contribution in [3.8, 4) is 11.6 Å². The van der Waals surface area contributed by atoms with Crippen LogP contribution in [0.25, 0.3) is 0 Å². The Morgan fingerprint density at radius 3 is 2.79 bits per heavy atom. The third-order valence-electron chi connectivity index (χ3n) is 4.30. The lowest BCUT2D eigenvalue weighted by molar-refractivity contribution is 0.122. The fourth-order valence-corrected chi connectivity index (χ4v) is 3.03. The zero-order chi connectivity index (χ0) is 16.9. The predicted molar refractivity (Wildman–Crippen MR) is 95.8 cm³/mol. The van der Waals surface area contributed by atoms with E-state index in [1.165, 1.54) is 0 Å². The Labute approximate surface area is 143 Å². The van der Waals surface area contributed by atoms with Crippen molar-refractivity contribution in [3.63, 3.8) is 0 Å². The number of nitrogens with two attached hydrogens (primary N) is 1. The molecule has 0 spiro atoms. The molecule has 1 saturated heterocycles. The molecule has 1 unspecified atom stereocenters. The maximum atomic E-state index is 6.10. The summed E-state index contributed by atoms with van der Waals surface area (Å²) in [6, 6.07) is 10.1. The van der Waals surface area contributed by atoms with Crippen LogP contribution in [0.4, 0.5) is 5.69 Å². The van der Waals surface area contributed by atoms with Crippen molar-refractivity contribution >= 4 is 5.69 Å². The number of anilines is 1. The highest BCUT2D eigenvalue weighted by Crippen LogP contribution is 2.30. The summed E-state index contributed by atoms with van der Waals surface area (Å²) in [6.45, 7) is 7.42. The standard InChI is InChI=1S/C19H25N3O2/c1-3-17-18(14(2)20)7-8-21-19(17)24-16-6-4-5-15(13-16)22-9-11-23-12-10-22/h4-8,13-14H,3,9-12,20H2,1-2H3. The molecule has 2 heterocycles. The Balaban J connectivity index is 1.85. The fraction of sp³-hybridized carbons (Fsp3) is 0.421. The van der Waals surface area contributed by atoms with Crippen LogP contribution in [0.15, 0.2) is 36.5 Å². The van der Waals surface area contributed by atoms with Gasteiger partial charge in [-0.2, -0.15) is 0 Å². The smallest absolute Gasteiger partial charge is 0.222 e. The van der Waals surface area contributed by atoms with Crippen molar-refractivity contribution in [2.24, 2.45) is 5.73 Å². The molecule has 1 aromatic heterocycles. The molecule has 2 aromatic rings. The molecule has 0 amide bonds. The SMILES string of the molecule is CCc1c(C(C)N)ccnc1Oc1cccc(N2CCOCC2)c1. The lowest BCUT2D eigenvalue weighted by Crippen LogP contribution is -2.36. The topological polar surface area (TPSA) is 60.6 Å². The molecule has 3 rings (SSSR count). The first kappa shape index (κ1) is 16.7. The molecule has 128 valence electrons. The summed E-state index contributed by atoms with van der Waals surface area (Å²) in [5.74, 6) is 1.44. The van der Waals surface area contributed by atoms with Crippen molar-refractivity contribution in [1.29, 1.82) is 0 Å². The molecule has 1 aliphatic heterocycles. The van der Waals surface area contributed by atoms with Crippen LogP contribution in [0.3, 0.4) is 0 Å². The second-order valence-electron chi connectivity index (χ2n) is 6.02. The average Bonchev–Trinajstić information content (AvgIpc) is 2.62. The minimum absolute atomic E-state index is 0.0371. The van der Waals surface area contributed by atoms with Crippen LogP contribution in [0.1, 0.15) is 31.0 Å². The molecular weight excluding hydrogens is 302 g/mol. The van der Waals surface area contributed by atoms with Crippen LogP contribution in [-0.2, 0) is 11.2 Å². The number of hydrogen-bond donors (Lipinski definition) is 1. The van der Waals surface area contributed by atoms with E-state index in [-0.39, 0.29) is 6.04 Å². The molecule has 0 aliphatic carbocycles. The first-order chi connectivity index (χ1) is 11.7. The van der Waals surface area contributed by atoms with Crippen molar-refractivity contribution in [3.05, 3.63) is 47.7 Å². The number of ether oxygens (including phenoxy) is 2. The van der Waals surface area contributed by atoms with E-state index >= 15 is 0 Å². The van der Waals surface area contributed by atoms with E-state index in [1.807, 2.05) is 25.1 Å². The highest BCUT2D eigenvalue weighted by atomic mass is 16.5. The van der Waals surface area contributed by atoms with Gasteiger partial charge in [-0.25, -0.2) is 4.98 Å². The van der Waals surface area contributed by atoms with Gasteiger partial charge in [-0.15, -0.1) is 0 Å². The molecule has 1 fully saturated rings. The van der Waals surface area contributed by atoms with Crippen molar-refractivity contribution in [2.45, 2.75) is 26.3 Å². The van der Waals surface area contributed by atoms with Gasteiger partial charge in [-0.1, -0.05) is 13.0 Å². The monoisotopic (exact) mass is 327 g/mol. The van der Waals surface area contributed by atoms with E-state index in [1.54, 1.807) is 6.20 Å². The summed E-state index contributed by atoms with van der Waals surface area (Å²) in [6.07, 6.45) is 2.60. The van der Waals surface area contributed by atoms with Gasteiger partial charge in [0.15, 0.2) is 0 Å². The quantitative estimate of drug-likeness (QED) is 0.913. The number of benzene rings is 1. The third-order valence-corrected chi connectivity index (χ3v) is 4.30. The van der Waals surface area contributed by atoms with Gasteiger partial charge >= 0.3 is 0 Å². The summed E-state index contributed by atoms with van der Waals surface area (Å²) in [4.78, 5) is 6.73. The molecule has 1 aliphatic rings. The lowest BCUT2D eigenvalue weighted by Gasteiger charge is -2.29. The largest absolute Gasteiger partial charge is 0.439 e. The predicted octanol–water partition coefficient (Wildman–Crippen LogP) is 3.29. The van der Waals surface area contributed by atoms with Crippen LogP contribution >= 0.6 is 0 Å². The molecule has 1 aromatic carbocycles. The van der Waals surface area contributed by atoms with E-state index in [2.05, 4.69) is 28.9 Å². The van der Waals surface area contributed by atoms with Gasteiger partial charge in [0.05, 0.1) is 13.2 Å². The second-order valence-corrected chi connectivity index (χ2v) is 6.02. The van der Waals surface area contributed by atoms with E-state index in [4.69, 9.17) is 15.2 Å². The van der Waals surface area contributed by atoms with Gasteiger partial charge in [-0.3, -0.25) is 0 Å². The molecule has 5 heteroatoms. The minimum atomic E-state index is -0.0371. The normalized spacial score (nSPS) is 16.0. The van der Waals surface area contributed by atoms with Gasteiger partial charge in [0.25, 0.3) is 0 Å². The summed E-state index contributed by atoms with van der Waals surface area (Å²) in [7, 11) is 0. The summed E-state index contributed by atoms with van der Waals surface area (Å²) in [5, 5.41) is 0. The first-order valence-electron chi connectivity index (χ1n) is 8.53. The third kappa shape index (κ3) is 3.68. The number of morpholine rings is 1. The van der Waals surface area contributed by atoms with Crippen LogP contribution in [-0.4, -0.2) is 31.3 Å². The minimum Gasteiger partial charge on any atom is -0.439 e. The Hall–Kier alpha value is -2.11. The zero-order valence-electron chi connectivity index (χ0n) is 14.4. The van der Waals surface area contributed by atoms with Crippen molar-refractivity contribution in [1.82, 2.24) is 4.98 Å². The maximum absolute atomic E-state index is 6.10. The molecule has 1 atom stereocenters. The Bertz CT molecular complexity index is 682. The number of nitrogens with zero attached hydrogens (tertiary/aromatic N) is 2. The molecular formula is C19H25N3O2. The van der Waals surface area contributed by atoms with Gasteiger partial charge in [0, 0.05) is 42.6 Å². The van der Waals surface area contributed by atoms with Crippen LogP contribution in [0.2, 0.25) is 0 Å². The number of rotatable bonds is 5. The Morgan fingerprint density at radius 1 is 1.29 bits per heavy atom. The average molecular weight is 327 g/mol. The number of hydrogen-bond acceptors (Lipinski definition) is 5. The molecule has 24 heavy (non-hydrogen) atoms. The zero-order valence-corrected chi connectivity index (χ0v) is 14.4. The lowest BCUT2D eigenvalue weighted by atomic mass is 10.0. The molecule has 2 N–H and O–H groups in total. The fourth-order valence-electron chi connectivity index (χ4n) is 3.03. The van der Waals surface area contributed by atoms with Crippen LogP contribution in [0.5, 0.6) is 11.6 Å². The Kier molecular flexibility index (Phi) is 5.33. The van der Waals surface area contributed by atoms with Gasteiger partial charge in [-0.05, 0) is 37.1 Å². The maximum Gasteiger partial charge on any atom is 0.222 e. The van der Waals surface area contributed by atoms with E-state index in [0.29, 0.717) is 5.88 Å². The van der Waals surface area contributed by atoms with E-state index < -0.39 is 0 Å². The van der Waals surface area contributed by atoms with Gasteiger partial charge in [0.1, 0.15) is 5.75 Å². The van der Waals surface area contributed by atoms with E-state index in [9.17, 15) is 0 Å². The number of aromatic nitrogens is 1. The summed E-state index contributed by atoms with van der Waals surface area (Å²) in [5.41, 5.74) is 9.39. The van der Waals surface area contributed by atoms with E-state index in [0.717, 1.165) is 55.3 Å².